The van der Waals surface area contributed by atoms with Gasteiger partial charge in [0.15, 0.2) is 11.3 Å². The first-order valence-electron chi connectivity index (χ1n) is 19.0. The molecule has 0 aliphatic heterocycles. The van der Waals surface area contributed by atoms with Crippen molar-refractivity contribution in [3.05, 3.63) is 205 Å². The highest BCUT2D eigenvalue weighted by molar-refractivity contribution is 5.87. The van der Waals surface area contributed by atoms with Gasteiger partial charge in [-0.25, -0.2) is 4.98 Å². The molecule has 0 amide bonds. The Bertz CT molecular complexity index is 2800. The van der Waals surface area contributed by atoms with E-state index in [0.29, 0.717) is 5.89 Å². The Morgan fingerprint density at radius 2 is 1.05 bits per heavy atom. The van der Waals surface area contributed by atoms with Gasteiger partial charge in [0, 0.05) is 22.4 Å². The van der Waals surface area contributed by atoms with Gasteiger partial charge in [-0.2, -0.15) is 0 Å². The van der Waals surface area contributed by atoms with Crippen LogP contribution in [0.15, 0.2) is 199 Å². The highest BCUT2D eigenvalue weighted by atomic mass is 16.5. The maximum atomic E-state index is 6.72. The van der Waals surface area contributed by atoms with Crippen molar-refractivity contribution in [3.8, 4) is 56.3 Å². The van der Waals surface area contributed by atoms with Crippen molar-refractivity contribution in [2.45, 2.75) is 19.3 Å². The second-order valence-electron chi connectivity index (χ2n) is 14.8. The zero-order valence-electron chi connectivity index (χ0n) is 31.2. The number of hydrogen-bond acceptors (Lipinski definition) is 4. The number of hydrogen-bond donors (Lipinski definition) is 0. The van der Waals surface area contributed by atoms with Gasteiger partial charge in [-0.05, 0) is 117 Å². The molecule has 0 fully saturated rings. The lowest BCUT2D eigenvalue weighted by atomic mass is 9.82. The lowest BCUT2D eigenvalue weighted by Crippen LogP contribution is -2.16. The molecule has 0 spiro atoms. The molecule has 0 radical (unpaired) electrons. The highest BCUT2D eigenvalue weighted by Crippen LogP contribution is 2.51. The van der Waals surface area contributed by atoms with Gasteiger partial charge < -0.3 is 14.1 Å². The fourth-order valence-corrected chi connectivity index (χ4v) is 8.06. The highest BCUT2D eigenvalue weighted by Gasteiger charge is 2.36. The number of anilines is 3. The summed E-state index contributed by atoms with van der Waals surface area (Å²) in [6.07, 6.45) is 0. The van der Waals surface area contributed by atoms with Gasteiger partial charge in [0.2, 0.25) is 5.89 Å². The van der Waals surface area contributed by atoms with Crippen LogP contribution in [0, 0.1) is 0 Å². The van der Waals surface area contributed by atoms with Crippen LogP contribution in [0.5, 0.6) is 11.5 Å². The van der Waals surface area contributed by atoms with Crippen LogP contribution < -0.4 is 9.64 Å². The Morgan fingerprint density at radius 1 is 0.482 bits per heavy atom. The summed E-state index contributed by atoms with van der Waals surface area (Å²) in [5.41, 5.74) is 15.4. The summed E-state index contributed by atoms with van der Waals surface area (Å²) in [7, 11) is 0. The van der Waals surface area contributed by atoms with Crippen LogP contribution in [0.2, 0.25) is 0 Å². The minimum Gasteiger partial charge on any atom is -0.455 e. The van der Waals surface area contributed by atoms with E-state index in [9.17, 15) is 0 Å². The Labute approximate surface area is 326 Å². The van der Waals surface area contributed by atoms with E-state index in [4.69, 9.17) is 9.15 Å². The van der Waals surface area contributed by atoms with Crippen molar-refractivity contribution in [1.29, 1.82) is 0 Å². The number of para-hydroxylation sites is 4. The first-order valence-corrected chi connectivity index (χ1v) is 19.0. The predicted molar refractivity (Wildman–Crippen MR) is 229 cm³/mol. The molecule has 1 heterocycles. The molecule has 4 heteroatoms. The molecule has 1 aromatic heterocycles. The molecular weight excluding hydrogens is 685 g/mol. The topological polar surface area (TPSA) is 38.5 Å². The van der Waals surface area contributed by atoms with Gasteiger partial charge in [-0.15, -0.1) is 0 Å². The van der Waals surface area contributed by atoms with Gasteiger partial charge in [0.1, 0.15) is 11.3 Å². The molecule has 0 saturated carbocycles. The molecule has 0 saturated heterocycles. The van der Waals surface area contributed by atoms with E-state index in [1.165, 1.54) is 38.9 Å². The number of fused-ring (bicyclic) bond motifs is 4. The Morgan fingerprint density at radius 3 is 1.80 bits per heavy atom. The lowest BCUT2D eigenvalue weighted by molar-refractivity contribution is 0.484. The van der Waals surface area contributed by atoms with Crippen LogP contribution in [0.3, 0.4) is 0 Å². The third-order valence-electron chi connectivity index (χ3n) is 11.0. The van der Waals surface area contributed by atoms with Crippen LogP contribution >= 0.6 is 0 Å². The summed E-state index contributed by atoms with van der Waals surface area (Å²) in [5, 5.41) is 0. The Balaban J connectivity index is 1.02. The number of rotatable bonds is 8. The van der Waals surface area contributed by atoms with E-state index in [0.717, 1.165) is 50.8 Å². The minimum absolute atomic E-state index is 0.143. The van der Waals surface area contributed by atoms with Crippen LogP contribution in [-0.4, -0.2) is 4.98 Å². The van der Waals surface area contributed by atoms with Crippen molar-refractivity contribution in [1.82, 2.24) is 4.98 Å². The molecule has 1 aliphatic carbocycles. The van der Waals surface area contributed by atoms with Crippen molar-refractivity contribution >= 4 is 28.2 Å². The molecule has 0 N–H and O–H groups in total. The molecule has 0 unspecified atom stereocenters. The van der Waals surface area contributed by atoms with Gasteiger partial charge in [0.25, 0.3) is 0 Å². The summed E-state index contributed by atoms with van der Waals surface area (Å²) < 4.78 is 12.7. The summed E-state index contributed by atoms with van der Waals surface area (Å²) in [5.74, 6) is 2.05. The van der Waals surface area contributed by atoms with E-state index < -0.39 is 0 Å². The van der Waals surface area contributed by atoms with Crippen molar-refractivity contribution in [2.24, 2.45) is 0 Å². The zero-order chi connectivity index (χ0) is 37.6. The maximum Gasteiger partial charge on any atom is 0.227 e. The smallest absolute Gasteiger partial charge is 0.227 e. The number of aromatic nitrogens is 1. The standard InChI is InChI=1S/C52H38N2O2/c1-52(2)45-15-7-6-14-43(45)44-33-30-41(34-46(44)52)54(40-28-24-38(25-29-40)37-22-20-36(21-23-37)35-12-4-3-5-13-35)48-17-9-11-19-50(48)55-42-31-26-39(27-32-42)51-53-47-16-8-10-18-49(47)56-51/h3-34H,1-2H3. The van der Waals surface area contributed by atoms with E-state index in [2.05, 4.69) is 157 Å². The molecule has 268 valence electrons. The Kier molecular flexibility index (Phi) is 8.11. The van der Waals surface area contributed by atoms with E-state index in [1.54, 1.807) is 0 Å². The predicted octanol–water partition coefficient (Wildman–Crippen LogP) is 14.4. The Hall–Kier alpha value is -7.17. The van der Waals surface area contributed by atoms with E-state index in [-0.39, 0.29) is 5.41 Å². The SMILES string of the molecule is CC1(C)c2ccccc2-c2ccc(N(c3ccc(-c4ccc(-c5ccccc5)cc4)cc3)c3ccccc3Oc3ccc(-c4nc5ccccc5o4)cc3)cc21. The first kappa shape index (κ1) is 33.4. The van der Waals surface area contributed by atoms with Crippen molar-refractivity contribution in [3.63, 3.8) is 0 Å². The van der Waals surface area contributed by atoms with E-state index >= 15 is 0 Å². The van der Waals surface area contributed by atoms with Crippen LogP contribution in [0.1, 0.15) is 25.0 Å². The monoisotopic (exact) mass is 722 g/mol. The van der Waals surface area contributed by atoms with Gasteiger partial charge >= 0.3 is 0 Å². The number of oxazole rings is 1. The fraction of sp³-hybridized carbons (Fsp3) is 0.0577. The molecule has 8 aromatic carbocycles. The van der Waals surface area contributed by atoms with Crippen molar-refractivity contribution < 1.29 is 9.15 Å². The molecule has 0 atom stereocenters. The largest absolute Gasteiger partial charge is 0.455 e. The number of benzene rings is 8. The quantitative estimate of drug-likeness (QED) is 0.157. The number of nitrogens with zero attached hydrogens (tertiary/aromatic N) is 2. The van der Waals surface area contributed by atoms with Crippen molar-refractivity contribution in [2.75, 3.05) is 4.90 Å². The second-order valence-corrected chi connectivity index (χ2v) is 14.8. The molecule has 1 aliphatic rings. The third kappa shape index (κ3) is 5.93. The number of ether oxygens (including phenoxy) is 1. The third-order valence-corrected chi connectivity index (χ3v) is 11.0. The normalized spacial score (nSPS) is 12.6. The zero-order valence-corrected chi connectivity index (χ0v) is 31.2. The van der Waals surface area contributed by atoms with Crippen LogP contribution in [-0.2, 0) is 5.41 Å². The molecule has 56 heavy (non-hydrogen) atoms. The van der Waals surface area contributed by atoms with E-state index in [1.807, 2.05) is 60.7 Å². The molecule has 0 bridgehead atoms. The van der Waals surface area contributed by atoms with Crippen LogP contribution in [0.4, 0.5) is 17.1 Å². The van der Waals surface area contributed by atoms with Gasteiger partial charge in [0.05, 0.1) is 5.69 Å². The summed E-state index contributed by atoms with van der Waals surface area (Å²) in [6.45, 7) is 4.65. The molecule has 4 nitrogen and oxygen atoms in total. The first-order chi connectivity index (χ1) is 27.5. The second kappa shape index (κ2) is 13.6. The van der Waals surface area contributed by atoms with Gasteiger partial charge in [-0.1, -0.05) is 135 Å². The molecule has 10 rings (SSSR count). The summed E-state index contributed by atoms with van der Waals surface area (Å²) >= 11 is 0. The minimum atomic E-state index is -0.143. The van der Waals surface area contributed by atoms with Crippen LogP contribution in [0.25, 0.3) is 55.9 Å². The summed E-state index contributed by atoms with van der Waals surface area (Å²) in [4.78, 5) is 6.99. The molecule has 9 aromatic rings. The average Bonchev–Trinajstić information content (AvgIpc) is 3.79. The molecular formula is C52H38N2O2. The average molecular weight is 723 g/mol. The van der Waals surface area contributed by atoms with Gasteiger partial charge in [-0.3, -0.25) is 0 Å². The fourth-order valence-electron chi connectivity index (χ4n) is 8.06. The summed E-state index contributed by atoms with van der Waals surface area (Å²) in [6, 6.07) is 67.8. The lowest BCUT2D eigenvalue weighted by Gasteiger charge is -2.29. The maximum absolute atomic E-state index is 6.72.